The molecule has 0 fully saturated rings. The summed E-state index contributed by atoms with van der Waals surface area (Å²) in [5.41, 5.74) is 0.439. The van der Waals surface area contributed by atoms with E-state index in [1.54, 1.807) is 30.6 Å². The van der Waals surface area contributed by atoms with Gasteiger partial charge < -0.3 is 5.32 Å². The maximum atomic E-state index is 12.9. The lowest BCUT2D eigenvalue weighted by molar-refractivity contribution is -0.113. The smallest absolute Gasteiger partial charge is 0.234 e. The molecular weight excluding hydrogens is 253 g/mol. The van der Waals surface area contributed by atoms with Gasteiger partial charge in [0.05, 0.1) is 5.75 Å². The first-order valence-electron chi connectivity index (χ1n) is 5.19. The minimum Gasteiger partial charge on any atom is -0.325 e. The van der Waals surface area contributed by atoms with Crippen LogP contribution >= 0.6 is 11.8 Å². The van der Waals surface area contributed by atoms with E-state index in [1.165, 1.54) is 23.9 Å². The molecule has 0 aliphatic carbocycles. The number of benzene rings is 1. The summed E-state index contributed by atoms with van der Waals surface area (Å²) in [4.78, 5) is 19.6. The minimum absolute atomic E-state index is 0.181. The molecule has 4 nitrogen and oxygen atoms in total. The van der Waals surface area contributed by atoms with Crippen LogP contribution in [0.2, 0.25) is 0 Å². The van der Waals surface area contributed by atoms with Crippen molar-refractivity contribution in [2.45, 2.75) is 5.16 Å². The van der Waals surface area contributed by atoms with E-state index < -0.39 is 0 Å². The fourth-order valence-corrected chi connectivity index (χ4v) is 1.86. The predicted molar refractivity (Wildman–Crippen MR) is 67.8 cm³/mol. The molecule has 0 bridgehead atoms. The van der Waals surface area contributed by atoms with Gasteiger partial charge in [-0.25, -0.2) is 14.4 Å². The van der Waals surface area contributed by atoms with Crippen LogP contribution in [0.25, 0.3) is 0 Å². The van der Waals surface area contributed by atoms with Crippen LogP contribution in [0.5, 0.6) is 0 Å². The van der Waals surface area contributed by atoms with E-state index in [1.807, 2.05) is 0 Å². The number of hydrogen-bond donors (Lipinski definition) is 1. The molecule has 2 aromatic rings. The molecule has 1 N–H and O–H groups in total. The van der Waals surface area contributed by atoms with E-state index >= 15 is 0 Å². The molecule has 1 aromatic heterocycles. The summed E-state index contributed by atoms with van der Waals surface area (Å²) in [5, 5.41) is 3.13. The number of thioether (sulfide) groups is 1. The Balaban J connectivity index is 1.86. The van der Waals surface area contributed by atoms with Gasteiger partial charge in [0.1, 0.15) is 5.82 Å². The van der Waals surface area contributed by atoms with Crippen LogP contribution in [0, 0.1) is 5.82 Å². The summed E-state index contributed by atoms with van der Waals surface area (Å²) >= 11 is 1.22. The summed E-state index contributed by atoms with van der Waals surface area (Å²) in [6.45, 7) is 0. The van der Waals surface area contributed by atoms with Crippen LogP contribution in [0.3, 0.4) is 0 Å². The molecule has 0 saturated carbocycles. The fourth-order valence-electron chi connectivity index (χ4n) is 1.25. The minimum atomic E-state index is -0.383. The molecular formula is C12H10FN3OS. The van der Waals surface area contributed by atoms with E-state index in [9.17, 15) is 9.18 Å². The second-order valence-corrected chi connectivity index (χ2v) is 4.32. The van der Waals surface area contributed by atoms with Crippen molar-refractivity contribution in [2.24, 2.45) is 0 Å². The van der Waals surface area contributed by atoms with Gasteiger partial charge in [0.2, 0.25) is 5.91 Å². The largest absolute Gasteiger partial charge is 0.325 e. The molecule has 1 amide bonds. The third kappa shape index (κ3) is 3.81. The number of nitrogens with zero attached hydrogens (tertiary/aromatic N) is 2. The average molecular weight is 263 g/mol. The van der Waals surface area contributed by atoms with Crippen LogP contribution in [-0.4, -0.2) is 21.6 Å². The number of halogens is 1. The molecule has 0 saturated heterocycles. The molecule has 0 aliphatic heterocycles. The third-order valence-electron chi connectivity index (χ3n) is 1.98. The summed E-state index contributed by atoms with van der Waals surface area (Å²) in [6.07, 6.45) is 3.22. The molecule has 6 heteroatoms. The van der Waals surface area contributed by atoms with Gasteiger partial charge in [0.15, 0.2) is 5.16 Å². The van der Waals surface area contributed by atoms with Crippen molar-refractivity contribution in [3.8, 4) is 0 Å². The number of amides is 1. The molecule has 0 unspecified atom stereocenters. The quantitative estimate of drug-likeness (QED) is 0.679. The van der Waals surface area contributed by atoms with Crippen LogP contribution in [0.4, 0.5) is 10.1 Å². The second kappa shape index (κ2) is 6.11. The van der Waals surface area contributed by atoms with Gasteiger partial charge in [-0.2, -0.15) is 0 Å². The maximum Gasteiger partial charge on any atom is 0.234 e. The van der Waals surface area contributed by atoms with Crippen LogP contribution in [-0.2, 0) is 4.79 Å². The van der Waals surface area contributed by atoms with Crippen molar-refractivity contribution in [1.82, 2.24) is 9.97 Å². The molecule has 1 heterocycles. The zero-order chi connectivity index (χ0) is 12.8. The number of hydrogen-bond acceptors (Lipinski definition) is 4. The van der Waals surface area contributed by atoms with Gasteiger partial charge >= 0.3 is 0 Å². The van der Waals surface area contributed by atoms with E-state index in [0.29, 0.717) is 10.8 Å². The Morgan fingerprint density at radius 3 is 2.78 bits per heavy atom. The molecule has 92 valence electrons. The monoisotopic (exact) mass is 263 g/mol. The lowest BCUT2D eigenvalue weighted by Gasteiger charge is -2.04. The van der Waals surface area contributed by atoms with Crippen LogP contribution < -0.4 is 5.32 Å². The van der Waals surface area contributed by atoms with Crippen molar-refractivity contribution < 1.29 is 9.18 Å². The highest BCUT2D eigenvalue weighted by molar-refractivity contribution is 7.99. The van der Waals surface area contributed by atoms with Crippen molar-refractivity contribution in [1.29, 1.82) is 0 Å². The summed E-state index contributed by atoms with van der Waals surface area (Å²) in [5.74, 6) is -0.425. The van der Waals surface area contributed by atoms with Gasteiger partial charge in [-0.15, -0.1) is 0 Å². The highest BCUT2D eigenvalue weighted by Crippen LogP contribution is 2.13. The Bertz CT molecular complexity index is 536. The number of nitrogens with one attached hydrogen (secondary N) is 1. The first kappa shape index (κ1) is 12.5. The number of anilines is 1. The highest BCUT2D eigenvalue weighted by Gasteiger charge is 2.05. The highest BCUT2D eigenvalue weighted by atomic mass is 32.2. The SMILES string of the molecule is O=C(CSc1ncccn1)Nc1cccc(F)c1. The summed E-state index contributed by atoms with van der Waals surface area (Å²) in [6, 6.07) is 7.46. The predicted octanol–water partition coefficient (Wildman–Crippen LogP) is 2.35. The number of rotatable bonds is 4. The standard InChI is InChI=1S/C12H10FN3OS/c13-9-3-1-4-10(7-9)16-11(17)8-18-12-14-5-2-6-15-12/h1-7H,8H2,(H,16,17). The van der Waals surface area contributed by atoms with Gasteiger partial charge in [-0.3, -0.25) is 4.79 Å². The van der Waals surface area contributed by atoms with Crippen molar-refractivity contribution >= 4 is 23.4 Å². The summed E-state index contributed by atoms with van der Waals surface area (Å²) < 4.78 is 12.9. The Hall–Kier alpha value is -1.95. The zero-order valence-corrected chi connectivity index (χ0v) is 10.2. The molecule has 18 heavy (non-hydrogen) atoms. The molecule has 0 atom stereocenters. The van der Waals surface area contributed by atoms with Crippen molar-refractivity contribution in [3.05, 3.63) is 48.5 Å². The van der Waals surface area contributed by atoms with Gasteiger partial charge in [0, 0.05) is 18.1 Å². The molecule has 0 aliphatic rings. The van der Waals surface area contributed by atoms with Crippen LogP contribution in [0.15, 0.2) is 47.9 Å². The average Bonchev–Trinajstić information content (AvgIpc) is 2.38. The Kier molecular flexibility index (Phi) is 4.25. The zero-order valence-electron chi connectivity index (χ0n) is 9.34. The molecule has 2 rings (SSSR count). The van der Waals surface area contributed by atoms with E-state index in [4.69, 9.17) is 0 Å². The van der Waals surface area contributed by atoms with E-state index in [-0.39, 0.29) is 17.5 Å². The lowest BCUT2D eigenvalue weighted by Crippen LogP contribution is -2.14. The molecule has 0 radical (unpaired) electrons. The van der Waals surface area contributed by atoms with Crippen molar-refractivity contribution in [2.75, 3.05) is 11.1 Å². The Morgan fingerprint density at radius 1 is 1.28 bits per heavy atom. The van der Waals surface area contributed by atoms with Gasteiger partial charge in [-0.1, -0.05) is 17.8 Å². The van der Waals surface area contributed by atoms with E-state index in [0.717, 1.165) is 0 Å². The first-order chi connectivity index (χ1) is 8.74. The lowest BCUT2D eigenvalue weighted by atomic mass is 10.3. The molecule has 1 aromatic carbocycles. The fraction of sp³-hybridized carbons (Fsp3) is 0.0833. The molecule has 0 spiro atoms. The Labute approximate surface area is 108 Å². The number of aromatic nitrogens is 2. The second-order valence-electron chi connectivity index (χ2n) is 3.38. The number of carbonyl (C=O) groups excluding carboxylic acids is 1. The van der Waals surface area contributed by atoms with Gasteiger partial charge in [-0.05, 0) is 24.3 Å². The Morgan fingerprint density at radius 2 is 2.06 bits per heavy atom. The summed E-state index contributed by atoms with van der Waals surface area (Å²) in [7, 11) is 0. The van der Waals surface area contributed by atoms with Gasteiger partial charge in [0.25, 0.3) is 0 Å². The number of carbonyl (C=O) groups is 1. The van der Waals surface area contributed by atoms with E-state index in [2.05, 4.69) is 15.3 Å². The van der Waals surface area contributed by atoms with Crippen LogP contribution in [0.1, 0.15) is 0 Å². The van der Waals surface area contributed by atoms with Crippen molar-refractivity contribution in [3.63, 3.8) is 0 Å². The first-order valence-corrected chi connectivity index (χ1v) is 6.18. The maximum absolute atomic E-state index is 12.9. The normalized spacial score (nSPS) is 10.1. The topological polar surface area (TPSA) is 54.9 Å². The third-order valence-corrected chi connectivity index (χ3v) is 2.86.